The second-order valence-corrected chi connectivity index (χ2v) is 5.97. The van der Waals surface area contributed by atoms with Crippen LogP contribution in [-0.2, 0) is 4.79 Å². The van der Waals surface area contributed by atoms with Gasteiger partial charge in [0.25, 0.3) is 5.91 Å². The summed E-state index contributed by atoms with van der Waals surface area (Å²) < 4.78 is 18.5. The van der Waals surface area contributed by atoms with E-state index in [1.54, 1.807) is 31.2 Å². The molecule has 1 heterocycles. The van der Waals surface area contributed by atoms with Crippen molar-refractivity contribution in [3.63, 3.8) is 0 Å². The number of benzene rings is 2. The van der Waals surface area contributed by atoms with E-state index in [0.717, 1.165) is 5.56 Å². The average molecular weight is 342 g/mol. The number of amides is 1. The fraction of sp³-hybridized carbons (Fsp3) is 0.111. The molecule has 3 aromatic rings. The predicted octanol–water partition coefficient (Wildman–Crippen LogP) is 4.36. The van der Waals surface area contributed by atoms with E-state index >= 15 is 0 Å². The SMILES string of the molecule is C[C@H](Oc1ccccc1)C(=O)Nc1nc(-c2ccc(F)cc2)cs1. The van der Waals surface area contributed by atoms with Crippen LogP contribution in [0.15, 0.2) is 60.0 Å². The number of nitrogens with zero attached hydrogens (tertiary/aromatic N) is 1. The average Bonchev–Trinajstić information content (AvgIpc) is 3.05. The van der Waals surface area contributed by atoms with Crippen LogP contribution in [0.25, 0.3) is 11.3 Å². The molecule has 3 rings (SSSR count). The summed E-state index contributed by atoms with van der Waals surface area (Å²) in [5, 5.41) is 5.02. The Balaban J connectivity index is 1.63. The molecule has 1 N–H and O–H groups in total. The third kappa shape index (κ3) is 3.97. The van der Waals surface area contributed by atoms with Crippen molar-refractivity contribution in [2.75, 3.05) is 5.32 Å². The maximum atomic E-state index is 13.0. The number of carbonyl (C=O) groups excluding carboxylic acids is 1. The maximum Gasteiger partial charge on any atom is 0.266 e. The molecule has 6 heteroatoms. The van der Waals surface area contributed by atoms with Crippen LogP contribution in [0.5, 0.6) is 5.75 Å². The molecule has 0 fully saturated rings. The molecule has 0 radical (unpaired) electrons. The molecule has 2 aromatic carbocycles. The minimum atomic E-state index is -0.648. The summed E-state index contributed by atoms with van der Waals surface area (Å²) in [6.45, 7) is 1.68. The lowest BCUT2D eigenvalue weighted by Gasteiger charge is -2.13. The molecular weight excluding hydrogens is 327 g/mol. The van der Waals surface area contributed by atoms with E-state index in [0.29, 0.717) is 16.6 Å². The van der Waals surface area contributed by atoms with Crippen molar-refractivity contribution in [1.29, 1.82) is 0 Å². The smallest absolute Gasteiger partial charge is 0.266 e. The first-order chi connectivity index (χ1) is 11.6. The highest BCUT2D eigenvalue weighted by atomic mass is 32.1. The molecular formula is C18H15FN2O2S. The number of anilines is 1. The molecule has 122 valence electrons. The lowest BCUT2D eigenvalue weighted by atomic mass is 10.2. The number of thiazole rings is 1. The third-order valence-electron chi connectivity index (χ3n) is 3.30. The second-order valence-electron chi connectivity index (χ2n) is 5.11. The topological polar surface area (TPSA) is 51.2 Å². The molecule has 0 spiro atoms. The van der Waals surface area contributed by atoms with E-state index in [9.17, 15) is 9.18 Å². The quantitative estimate of drug-likeness (QED) is 0.750. The number of carbonyl (C=O) groups is 1. The first-order valence-electron chi connectivity index (χ1n) is 7.36. The minimum absolute atomic E-state index is 0.279. The summed E-state index contributed by atoms with van der Waals surface area (Å²) in [6.07, 6.45) is -0.648. The van der Waals surface area contributed by atoms with Crippen molar-refractivity contribution >= 4 is 22.4 Å². The van der Waals surface area contributed by atoms with Gasteiger partial charge in [0.1, 0.15) is 11.6 Å². The van der Waals surface area contributed by atoms with Gasteiger partial charge in [-0.1, -0.05) is 18.2 Å². The molecule has 0 aliphatic heterocycles. The number of aromatic nitrogens is 1. The van der Waals surface area contributed by atoms with Crippen molar-refractivity contribution in [3.05, 3.63) is 65.8 Å². The number of hydrogen-bond donors (Lipinski definition) is 1. The van der Waals surface area contributed by atoms with Gasteiger partial charge in [0.2, 0.25) is 0 Å². The maximum absolute atomic E-state index is 13.0. The lowest BCUT2D eigenvalue weighted by Crippen LogP contribution is -2.30. The molecule has 24 heavy (non-hydrogen) atoms. The minimum Gasteiger partial charge on any atom is -0.481 e. The normalized spacial score (nSPS) is 11.8. The van der Waals surface area contributed by atoms with Crippen LogP contribution in [0.3, 0.4) is 0 Å². The van der Waals surface area contributed by atoms with Crippen molar-refractivity contribution in [2.45, 2.75) is 13.0 Å². The number of hydrogen-bond acceptors (Lipinski definition) is 4. The van der Waals surface area contributed by atoms with Gasteiger partial charge in [-0.25, -0.2) is 9.37 Å². The lowest BCUT2D eigenvalue weighted by molar-refractivity contribution is -0.122. The fourth-order valence-corrected chi connectivity index (χ4v) is 2.77. The van der Waals surface area contributed by atoms with E-state index in [1.807, 2.05) is 23.6 Å². The van der Waals surface area contributed by atoms with Crippen LogP contribution in [-0.4, -0.2) is 17.0 Å². The molecule has 4 nitrogen and oxygen atoms in total. The predicted molar refractivity (Wildman–Crippen MR) is 92.7 cm³/mol. The van der Waals surface area contributed by atoms with Gasteiger partial charge in [-0.15, -0.1) is 11.3 Å². The Hall–Kier alpha value is -2.73. The van der Waals surface area contributed by atoms with E-state index in [4.69, 9.17) is 4.74 Å². The van der Waals surface area contributed by atoms with Gasteiger partial charge in [-0.05, 0) is 43.3 Å². The molecule has 0 aliphatic carbocycles. The van der Waals surface area contributed by atoms with Crippen molar-refractivity contribution < 1.29 is 13.9 Å². The van der Waals surface area contributed by atoms with Crippen LogP contribution in [0.1, 0.15) is 6.92 Å². The number of ether oxygens (including phenoxy) is 1. The highest BCUT2D eigenvalue weighted by molar-refractivity contribution is 7.14. The summed E-state index contributed by atoms with van der Waals surface area (Å²) in [6, 6.07) is 15.2. The number of rotatable bonds is 5. The molecule has 1 aromatic heterocycles. The number of para-hydroxylation sites is 1. The standard InChI is InChI=1S/C18H15FN2O2S/c1-12(23-15-5-3-2-4-6-15)17(22)21-18-20-16(11-24-18)13-7-9-14(19)10-8-13/h2-12H,1H3,(H,20,21,22)/t12-/m0/s1. The Morgan fingerprint density at radius 3 is 2.58 bits per heavy atom. The van der Waals surface area contributed by atoms with Crippen LogP contribution in [0.4, 0.5) is 9.52 Å². The number of halogens is 1. The first-order valence-corrected chi connectivity index (χ1v) is 8.24. The van der Waals surface area contributed by atoms with Gasteiger partial charge in [-0.3, -0.25) is 10.1 Å². The zero-order valence-electron chi connectivity index (χ0n) is 12.9. The Morgan fingerprint density at radius 2 is 1.88 bits per heavy atom. The van der Waals surface area contributed by atoms with Crippen LogP contribution in [0.2, 0.25) is 0 Å². The zero-order valence-corrected chi connectivity index (χ0v) is 13.7. The first kappa shape index (κ1) is 16.1. The van der Waals surface area contributed by atoms with Gasteiger partial charge >= 0.3 is 0 Å². The molecule has 0 saturated carbocycles. The van der Waals surface area contributed by atoms with E-state index in [1.165, 1.54) is 23.5 Å². The highest BCUT2D eigenvalue weighted by Gasteiger charge is 2.16. The summed E-state index contributed by atoms with van der Waals surface area (Å²) in [5.74, 6) is 0.0551. The fourth-order valence-electron chi connectivity index (χ4n) is 2.05. The van der Waals surface area contributed by atoms with Gasteiger partial charge in [0.05, 0.1) is 5.69 Å². The summed E-state index contributed by atoms with van der Waals surface area (Å²) in [4.78, 5) is 16.5. The van der Waals surface area contributed by atoms with E-state index < -0.39 is 6.10 Å². The van der Waals surface area contributed by atoms with E-state index in [-0.39, 0.29) is 11.7 Å². The van der Waals surface area contributed by atoms with Gasteiger partial charge in [-0.2, -0.15) is 0 Å². The number of nitrogens with one attached hydrogen (secondary N) is 1. The Morgan fingerprint density at radius 1 is 1.17 bits per heavy atom. The summed E-state index contributed by atoms with van der Waals surface area (Å²) >= 11 is 1.31. The largest absolute Gasteiger partial charge is 0.481 e. The molecule has 0 unspecified atom stereocenters. The molecule has 1 atom stereocenters. The van der Waals surface area contributed by atoms with Crippen molar-refractivity contribution in [1.82, 2.24) is 4.98 Å². The Bertz CT molecular complexity index is 819. The third-order valence-corrected chi connectivity index (χ3v) is 4.06. The van der Waals surface area contributed by atoms with Crippen LogP contribution >= 0.6 is 11.3 Å². The van der Waals surface area contributed by atoms with Crippen molar-refractivity contribution in [3.8, 4) is 17.0 Å². The Labute approximate surface area is 142 Å². The monoisotopic (exact) mass is 342 g/mol. The van der Waals surface area contributed by atoms with Gasteiger partial charge in [0, 0.05) is 10.9 Å². The van der Waals surface area contributed by atoms with Gasteiger partial charge in [0.15, 0.2) is 11.2 Å². The second kappa shape index (κ2) is 7.23. The Kier molecular flexibility index (Phi) is 4.86. The summed E-state index contributed by atoms with van der Waals surface area (Å²) in [5.41, 5.74) is 1.48. The molecule has 0 bridgehead atoms. The van der Waals surface area contributed by atoms with Gasteiger partial charge < -0.3 is 4.74 Å². The molecule has 0 aliphatic rings. The molecule has 1 amide bonds. The summed E-state index contributed by atoms with van der Waals surface area (Å²) in [7, 11) is 0. The highest BCUT2D eigenvalue weighted by Crippen LogP contribution is 2.25. The van der Waals surface area contributed by atoms with Crippen molar-refractivity contribution in [2.24, 2.45) is 0 Å². The zero-order chi connectivity index (χ0) is 16.9. The molecule has 0 saturated heterocycles. The van der Waals surface area contributed by atoms with Crippen LogP contribution in [0, 0.1) is 5.82 Å². The van der Waals surface area contributed by atoms with E-state index in [2.05, 4.69) is 10.3 Å². The van der Waals surface area contributed by atoms with Crippen LogP contribution < -0.4 is 10.1 Å².